The van der Waals surface area contributed by atoms with Gasteiger partial charge < -0.3 is 4.74 Å². The highest BCUT2D eigenvalue weighted by atomic mass is 35.5. The lowest BCUT2D eigenvalue weighted by atomic mass is 10.2. The van der Waals surface area contributed by atoms with Gasteiger partial charge in [0.2, 0.25) is 0 Å². The zero-order valence-corrected chi connectivity index (χ0v) is 17.6. The predicted molar refractivity (Wildman–Crippen MR) is 118 cm³/mol. The van der Waals surface area contributed by atoms with Crippen LogP contribution in [-0.2, 0) is 17.1 Å². The standard InChI is InChI=1S/C22H18Cl2N2OS/c1-27-13-15-4-9-19(10-5-15)26-21-12-18(24)8-11-20(21)25-22(26)28-14-16-2-6-17(23)7-3-16/h2-12H,13-14H2,1H3. The van der Waals surface area contributed by atoms with Gasteiger partial charge in [-0.05, 0) is 53.6 Å². The van der Waals surface area contributed by atoms with E-state index in [1.54, 1.807) is 18.9 Å². The number of thioether (sulfide) groups is 1. The van der Waals surface area contributed by atoms with Crippen LogP contribution in [0.5, 0.6) is 0 Å². The van der Waals surface area contributed by atoms with E-state index in [1.807, 2.05) is 42.5 Å². The molecule has 0 radical (unpaired) electrons. The summed E-state index contributed by atoms with van der Waals surface area (Å²) < 4.78 is 7.37. The molecule has 6 heteroatoms. The fourth-order valence-corrected chi connectivity index (χ4v) is 4.29. The molecule has 142 valence electrons. The number of methoxy groups -OCH3 is 1. The molecule has 4 aromatic rings. The lowest BCUT2D eigenvalue weighted by Gasteiger charge is -2.10. The minimum Gasteiger partial charge on any atom is -0.380 e. The van der Waals surface area contributed by atoms with Gasteiger partial charge in [0.15, 0.2) is 5.16 Å². The molecule has 0 N–H and O–H groups in total. The smallest absolute Gasteiger partial charge is 0.174 e. The van der Waals surface area contributed by atoms with Gasteiger partial charge >= 0.3 is 0 Å². The van der Waals surface area contributed by atoms with Gasteiger partial charge in [0.05, 0.1) is 17.6 Å². The van der Waals surface area contributed by atoms with Crippen molar-refractivity contribution < 1.29 is 4.74 Å². The van der Waals surface area contributed by atoms with Crippen LogP contribution in [-0.4, -0.2) is 16.7 Å². The fraction of sp³-hybridized carbons (Fsp3) is 0.136. The van der Waals surface area contributed by atoms with E-state index in [2.05, 4.69) is 28.8 Å². The number of benzene rings is 3. The van der Waals surface area contributed by atoms with Gasteiger partial charge in [-0.15, -0.1) is 0 Å². The molecule has 1 aromatic heterocycles. The van der Waals surface area contributed by atoms with Crippen LogP contribution in [0.4, 0.5) is 0 Å². The quantitative estimate of drug-likeness (QED) is 0.317. The molecule has 0 fully saturated rings. The van der Waals surface area contributed by atoms with Crippen LogP contribution in [0.25, 0.3) is 16.7 Å². The maximum absolute atomic E-state index is 6.26. The number of aromatic nitrogens is 2. The summed E-state index contributed by atoms with van der Waals surface area (Å²) in [6.45, 7) is 0.592. The van der Waals surface area contributed by atoms with E-state index in [0.29, 0.717) is 11.6 Å². The third-order valence-electron chi connectivity index (χ3n) is 4.37. The van der Waals surface area contributed by atoms with Crippen molar-refractivity contribution in [2.24, 2.45) is 0 Å². The summed E-state index contributed by atoms with van der Waals surface area (Å²) in [7, 11) is 1.70. The summed E-state index contributed by atoms with van der Waals surface area (Å²) in [5, 5.41) is 2.36. The number of fused-ring (bicyclic) bond motifs is 1. The third-order valence-corrected chi connectivity index (χ3v) is 5.87. The van der Waals surface area contributed by atoms with E-state index < -0.39 is 0 Å². The summed E-state index contributed by atoms with van der Waals surface area (Å²) in [5.74, 6) is 0.802. The molecule has 0 spiro atoms. The van der Waals surface area contributed by atoms with Crippen molar-refractivity contribution in [3.05, 3.63) is 87.9 Å². The Morgan fingerprint density at radius 3 is 2.29 bits per heavy atom. The van der Waals surface area contributed by atoms with Crippen LogP contribution in [0.2, 0.25) is 10.0 Å². The fourth-order valence-electron chi connectivity index (χ4n) is 3.01. The maximum atomic E-state index is 6.26. The number of hydrogen-bond donors (Lipinski definition) is 0. The average Bonchev–Trinajstić information content (AvgIpc) is 3.06. The Morgan fingerprint density at radius 2 is 1.57 bits per heavy atom. The normalized spacial score (nSPS) is 11.2. The topological polar surface area (TPSA) is 27.1 Å². The Balaban J connectivity index is 1.72. The molecule has 0 aliphatic carbocycles. The summed E-state index contributed by atoms with van der Waals surface area (Å²) in [4.78, 5) is 4.84. The van der Waals surface area contributed by atoms with Crippen molar-refractivity contribution in [2.75, 3.05) is 7.11 Å². The maximum Gasteiger partial charge on any atom is 0.174 e. The van der Waals surface area contributed by atoms with E-state index in [-0.39, 0.29) is 0 Å². The van der Waals surface area contributed by atoms with E-state index in [9.17, 15) is 0 Å². The minimum atomic E-state index is 0.592. The second kappa shape index (κ2) is 8.58. The second-order valence-electron chi connectivity index (χ2n) is 6.38. The largest absolute Gasteiger partial charge is 0.380 e. The van der Waals surface area contributed by atoms with Crippen molar-refractivity contribution in [1.29, 1.82) is 0 Å². The molecular formula is C22H18Cl2N2OS. The molecule has 0 bridgehead atoms. The molecular weight excluding hydrogens is 411 g/mol. The number of ether oxygens (including phenoxy) is 1. The lowest BCUT2D eigenvalue weighted by Crippen LogP contribution is -1.98. The van der Waals surface area contributed by atoms with Crippen molar-refractivity contribution in [3.8, 4) is 5.69 Å². The van der Waals surface area contributed by atoms with Crippen LogP contribution in [0.15, 0.2) is 71.9 Å². The van der Waals surface area contributed by atoms with Crippen molar-refractivity contribution in [1.82, 2.24) is 9.55 Å². The van der Waals surface area contributed by atoms with Crippen LogP contribution in [0.3, 0.4) is 0 Å². The van der Waals surface area contributed by atoms with Gasteiger partial charge in [-0.3, -0.25) is 4.57 Å². The molecule has 3 aromatic carbocycles. The molecule has 0 saturated carbocycles. The Morgan fingerprint density at radius 1 is 0.893 bits per heavy atom. The summed E-state index contributed by atoms with van der Waals surface area (Å²) >= 11 is 13.9. The molecule has 0 unspecified atom stereocenters. The van der Waals surface area contributed by atoms with Crippen LogP contribution >= 0.6 is 35.0 Å². The summed E-state index contributed by atoms with van der Waals surface area (Å²) in [5.41, 5.74) is 5.28. The zero-order valence-electron chi connectivity index (χ0n) is 15.2. The summed E-state index contributed by atoms with van der Waals surface area (Å²) in [6.07, 6.45) is 0. The zero-order chi connectivity index (χ0) is 19.5. The highest BCUT2D eigenvalue weighted by molar-refractivity contribution is 7.98. The molecule has 0 aliphatic rings. The Labute approximate surface area is 178 Å². The van der Waals surface area contributed by atoms with E-state index >= 15 is 0 Å². The average molecular weight is 429 g/mol. The molecule has 28 heavy (non-hydrogen) atoms. The van der Waals surface area contributed by atoms with Crippen molar-refractivity contribution in [2.45, 2.75) is 17.5 Å². The van der Waals surface area contributed by atoms with Crippen LogP contribution in [0.1, 0.15) is 11.1 Å². The van der Waals surface area contributed by atoms with Gasteiger partial charge in [-0.2, -0.15) is 0 Å². The first-order valence-corrected chi connectivity index (χ1v) is 10.5. The van der Waals surface area contributed by atoms with Crippen LogP contribution in [0, 0.1) is 0 Å². The monoisotopic (exact) mass is 428 g/mol. The molecule has 3 nitrogen and oxygen atoms in total. The molecule has 4 rings (SSSR count). The van der Waals surface area contributed by atoms with E-state index in [4.69, 9.17) is 32.9 Å². The number of rotatable bonds is 6. The second-order valence-corrected chi connectivity index (χ2v) is 8.19. The molecule has 1 heterocycles. The number of hydrogen-bond acceptors (Lipinski definition) is 3. The Bertz CT molecular complexity index is 1090. The first kappa shape index (κ1) is 19.3. The number of nitrogens with zero attached hydrogens (tertiary/aromatic N) is 2. The molecule has 0 amide bonds. The van der Waals surface area contributed by atoms with Gasteiger partial charge in [-0.1, -0.05) is 59.2 Å². The first-order valence-electron chi connectivity index (χ1n) is 8.77. The van der Waals surface area contributed by atoms with Gasteiger partial charge in [-0.25, -0.2) is 4.98 Å². The van der Waals surface area contributed by atoms with E-state index in [0.717, 1.165) is 38.2 Å². The molecule has 0 atom stereocenters. The minimum absolute atomic E-state index is 0.592. The van der Waals surface area contributed by atoms with Crippen molar-refractivity contribution in [3.63, 3.8) is 0 Å². The Hall–Kier alpha value is -1.98. The SMILES string of the molecule is COCc1ccc(-n2c(SCc3ccc(Cl)cc3)nc3ccc(Cl)cc32)cc1. The van der Waals surface area contributed by atoms with Gasteiger partial charge in [0.25, 0.3) is 0 Å². The third kappa shape index (κ3) is 4.20. The summed E-state index contributed by atoms with van der Waals surface area (Å²) in [6, 6.07) is 22.0. The molecule has 0 saturated heterocycles. The van der Waals surface area contributed by atoms with E-state index in [1.165, 1.54) is 5.56 Å². The molecule has 0 aliphatic heterocycles. The number of imidazole rings is 1. The Kier molecular flexibility index (Phi) is 5.93. The first-order chi connectivity index (χ1) is 13.6. The van der Waals surface area contributed by atoms with Crippen LogP contribution < -0.4 is 0 Å². The number of halogens is 2. The van der Waals surface area contributed by atoms with Crippen molar-refractivity contribution >= 4 is 46.0 Å². The van der Waals surface area contributed by atoms with Gasteiger partial charge in [0, 0.05) is 28.6 Å². The lowest BCUT2D eigenvalue weighted by molar-refractivity contribution is 0.185. The highest BCUT2D eigenvalue weighted by Gasteiger charge is 2.14. The highest BCUT2D eigenvalue weighted by Crippen LogP contribution is 2.31. The van der Waals surface area contributed by atoms with Gasteiger partial charge in [0.1, 0.15) is 0 Å². The predicted octanol–water partition coefficient (Wildman–Crippen LogP) is 6.77.